The van der Waals surface area contributed by atoms with Crippen LogP contribution in [-0.2, 0) is 13.1 Å². The van der Waals surface area contributed by atoms with Crippen molar-refractivity contribution in [3.8, 4) is 17.1 Å². The van der Waals surface area contributed by atoms with E-state index in [1.54, 1.807) is 18.6 Å². The topological polar surface area (TPSA) is 71.7 Å². The molecule has 1 N–H and O–H groups in total. The quantitative estimate of drug-likeness (QED) is 0.559. The van der Waals surface area contributed by atoms with E-state index in [9.17, 15) is 4.79 Å². The highest BCUT2D eigenvalue weighted by molar-refractivity contribution is 5.53. The average Bonchev–Trinajstić information content (AvgIpc) is 3.50. The number of aromatic nitrogens is 5. The molecule has 6 rings (SSSR count). The molecule has 0 saturated carbocycles. The zero-order valence-electron chi connectivity index (χ0n) is 17.2. The van der Waals surface area contributed by atoms with Crippen LogP contribution in [0.15, 0.2) is 72.3 Å². The maximum absolute atomic E-state index is 13.1. The predicted octanol–water partition coefficient (Wildman–Crippen LogP) is 3.04. The van der Waals surface area contributed by atoms with Gasteiger partial charge in [-0.05, 0) is 42.2 Å². The maximum atomic E-state index is 13.1. The van der Waals surface area contributed by atoms with E-state index in [0.717, 1.165) is 44.0 Å². The Bertz CT molecular complexity index is 1240. The molecule has 31 heavy (non-hydrogen) atoms. The second kappa shape index (κ2) is 7.35. The number of piperidine rings is 1. The Morgan fingerprint density at radius 2 is 1.94 bits per heavy atom. The van der Waals surface area contributed by atoms with Crippen LogP contribution in [0.2, 0.25) is 0 Å². The van der Waals surface area contributed by atoms with Crippen LogP contribution < -0.4 is 5.56 Å². The van der Waals surface area contributed by atoms with Gasteiger partial charge in [0.15, 0.2) is 0 Å². The molecule has 0 amide bonds. The van der Waals surface area contributed by atoms with Crippen molar-refractivity contribution in [2.45, 2.75) is 25.4 Å². The van der Waals surface area contributed by atoms with E-state index in [0.29, 0.717) is 23.2 Å². The van der Waals surface area contributed by atoms with Crippen LogP contribution in [-0.4, -0.2) is 42.1 Å². The summed E-state index contributed by atoms with van der Waals surface area (Å²) in [6.45, 7) is 3.73. The minimum absolute atomic E-state index is 0.0747. The van der Waals surface area contributed by atoms with Gasteiger partial charge in [0.25, 0.3) is 5.56 Å². The number of nitrogens with zero attached hydrogens (tertiary/aromatic N) is 5. The van der Waals surface area contributed by atoms with Crippen LogP contribution >= 0.6 is 0 Å². The van der Waals surface area contributed by atoms with Crippen molar-refractivity contribution < 1.29 is 0 Å². The van der Waals surface area contributed by atoms with Gasteiger partial charge in [-0.3, -0.25) is 9.69 Å². The number of benzene rings is 1. The molecule has 2 atom stereocenters. The number of pyridine rings is 1. The summed E-state index contributed by atoms with van der Waals surface area (Å²) in [5, 5.41) is 0. The van der Waals surface area contributed by atoms with Crippen molar-refractivity contribution in [3.63, 3.8) is 0 Å². The first-order valence-electron chi connectivity index (χ1n) is 10.8. The predicted molar refractivity (Wildman–Crippen MR) is 118 cm³/mol. The first-order chi connectivity index (χ1) is 15.2. The van der Waals surface area contributed by atoms with Gasteiger partial charge in [0, 0.05) is 68.3 Å². The molecule has 0 unspecified atom stereocenters. The molecule has 7 heteroatoms. The number of imidazole rings is 2. The molecule has 2 bridgehead atoms. The molecule has 1 fully saturated rings. The molecule has 0 spiro atoms. The van der Waals surface area contributed by atoms with Crippen LogP contribution in [0.4, 0.5) is 0 Å². The molecule has 1 aromatic carbocycles. The van der Waals surface area contributed by atoms with Gasteiger partial charge in [0.2, 0.25) is 0 Å². The first kappa shape index (κ1) is 18.3. The van der Waals surface area contributed by atoms with Crippen molar-refractivity contribution in [1.29, 1.82) is 0 Å². The summed E-state index contributed by atoms with van der Waals surface area (Å²) in [5.74, 6) is 1.55. The Kier molecular flexibility index (Phi) is 4.35. The molecule has 2 aliphatic rings. The minimum atomic E-state index is 0.0747. The highest BCUT2D eigenvalue weighted by atomic mass is 16.1. The molecule has 0 radical (unpaired) electrons. The summed E-state index contributed by atoms with van der Waals surface area (Å²) in [6.07, 6.45) is 10.2. The van der Waals surface area contributed by atoms with Crippen LogP contribution in [0.5, 0.6) is 0 Å². The Labute approximate surface area is 180 Å². The van der Waals surface area contributed by atoms with Crippen LogP contribution in [0, 0.1) is 5.92 Å². The van der Waals surface area contributed by atoms with E-state index in [1.807, 2.05) is 27.7 Å². The van der Waals surface area contributed by atoms with Gasteiger partial charge in [-0.25, -0.2) is 9.97 Å². The lowest BCUT2D eigenvalue weighted by Gasteiger charge is -2.43. The maximum Gasteiger partial charge on any atom is 0.261 e. The van der Waals surface area contributed by atoms with E-state index >= 15 is 0 Å². The number of likely N-dealkylation sites (tertiary alicyclic amines) is 1. The van der Waals surface area contributed by atoms with Gasteiger partial charge in [-0.15, -0.1) is 0 Å². The monoisotopic (exact) mass is 412 g/mol. The third kappa shape index (κ3) is 3.31. The molecule has 5 heterocycles. The Balaban J connectivity index is 1.22. The lowest BCUT2D eigenvalue weighted by Crippen LogP contribution is -2.46. The van der Waals surface area contributed by atoms with E-state index in [-0.39, 0.29) is 5.56 Å². The number of H-pyrrole nitrogens is 1. The summed E-state index contributed by atoms with van der Waals surface area (Å²) < 4.78 is 4.01. The fourth-order valence-corrected chi connectivity index (χ4v) is 5.21. The highest BCUT2D eigenvalue weighted by Gasteiger charge is 2.35. The molecule has 0 aliphatic carbocycles. The number of hydrogen-bond donors (Lipinski definition) is 1. The van der Waals surface area contributed by atoms with Gasteiger partial charge in [0.05, 0.1) is 11.9 Å². The molecular formula is C24H24N6O. The number of hydrogen-bond acceptors (Lipinski definition) is 4. The molecule has 2 aliphatic heterocycles. The smallest absolute Gasteiger partial charge is 0.261 e. The van der Waals surface area contributed by atoms with Gasteiger partial charge in [0.1, 0.15) is 5.82 Å². The number of fused-ring (bicyclic) bond motifs is 4. The van der Waals surface area contributed by atoms with Crippen LogP contribution in [0.25, 0.3) is 17.1 Å². The van der Waals surface area contributed by atoms with Gasteiger partial charge >= 0.3 is 0 Å². The molecular weight excluding hydrogens is 388 g/mol. The van der Waals surface area contributed by atoms with Gasteiger partial charge in [-0.2, -0.15) is 0 Å². The normalized spacial score (nSPS) is 20.5. The van der Waals surface area contributed by atoms with Crippen LogP contribution in [0.1, 0.15) is 23.6 Å². The van der Waals surface area contributed by atoms with Crippen LogP contribution in [0.3, 0.4) is 0 Å². The first-order valence-corrected chi connectivity index (χ1v) is 10.8. The summed E-state index contributed by atoms with van der Waals surface area (Å²) >= 11 is 0. The zero-order chi connectivity index (χ0) is 20.8. The Morgan fingerprint density at radius 1 is 1.03 bits per heavy atom. The Morgan fingerprint density at radius 3 is 2.71 bits per heavy atom. The number of nitrogens with one attached hydrogen (secondary N) is 1. The lowest BCUT2D eigenvalue weighted by molar-refractivity contribution is 0.114. The second-order valence-electron chi connectivity index (χ2n) is 8.65. The van der Waals surface area contributed by atoms with Crippen molar-refractivity contribution in [3.05, 3.63) is 89.1 Å². The Hall–Kier alpha value is -3.45. The van der Waals surface area contributed by atoms with Crippen molar-refractivity contribution in [1.82, 2.24) is 29.0 Å². The summed E-state index contributed by atoms with van der Waals surface area (Å²) in [6, 6.07) is 12.8. The third-order valence-corrected chi connectivity index (χ3v) is 6.58. The molecule has 3 aromatic heterocycles. The van der Waals surface area contributed by atoms with Crippen molar-refractivity contribution in [2.75, 3.05) is 13.1 Å². The third-order valence-electron chi connectivity index (χ3n) is 6.58. The van der Waals surface area contributed by atoms with Crippen molar-refractivity contribution in [2.24, 2.45) is 5.92 Å². The zero-order valence-corrected chi connectivity index (χ0v) is 17.2. The SMILES string of the molecule is O=c1c(-c2ncc[nH]2)ccc2n1C[C@H]1C[C@@H]2CN(Cc2ccc(-n3ccnc3)cc2)C1. The van der Waals surface area contributed by atoms with E-state index in [2.05, 4.69) is 50.2 Å². The van der Waals surface area contributed by atoms with Crippen molar-refractivity contribution >= 4 is 0 Å². The summed E-state index contributed by atoms with van der Waals surface area (Å²) in [4.78, 5) is 27.1. The molecule has 1 saturated heterocycles. The summed E-state index contributed by atoms with van der Waals surface area (Å²) in [5.41, 5.74) is 4.33. The van der Waals surface area contributed by atoms with E-state index in [1.165, 1.54) is 5.56 Å². The highest BCUT2D eigenvalue weighted by Crippen LogP contribution is 2.36. The fourth-order valence-electron chi connectivity index (χ4n) is 5.21. The molecule has 4 aromatic rings. The van der Waals surface area contributed by atoms with E-state index < -0.39 is 0 Å². The fraction of sp³-hybridized carbons (Fsp3) is 0.292. The van der Waals surface area contributed by atoms with Gasteiger partial charge < -0.3 is 14.1 Å². The van der Waals surface area contributed by atoms with Gasteiger partial charge in [-0.1, -0.05) is 12.1 Å². The lowest BCUT2D eigenvalue weighted by atomic mass is 9.82. The number of rotatable bonds is 4. The standard InChI is InChI=1S/C24H24N6O/c31-24-21(23-26-7-8-27-23)5-6-22-19-11-18(14-30(22)24)13-28(15-19)12-17-1-3-20(4-2-17)29-10-9-25-16-29/h1-10,16,18-19H,11-15H2,(H,26,27)/t18-,19+/m0/s1. The minimum Gasteiger partial charge on any atom is -0.344 e. The summed E-state index contributed by atoms with van der Waals surface area (Å²) in [7, 11) is 0. The average molecular weight is 412 g/mol. The number of aromatic amines is 1. The molecule has 156 valence electrons. The largest absolute Gasteiger partial charge is 0.344 e. The van der Waals surface area contributed by atoms with E-state index in [4.69, 9.17) is 0 Å². The molecule has 7 nitrogen and oxygen atoms in total. The second-order valence-corrected chi connectivity index (χ2v) is 8.65.